The molecule has 2 aliphatic rings. The van der Waals surface area contributed by atoms with E-state index >= 15 is 0 Å². The van der Waals surface area contributed by atoms with Crippen LogP contribution in [0.4, 0.5) is 5.69 Å². The first-order chi connectivity index (χ1) is 15.6. The first-order valence-corrected chi connectivity index (χ1v) is 14.0. The molecule has 0 aliphatic carbocycles. The average Bonchev–Trinajstić information content (AvgIpc) is 3.06. The van der Waals surface area contributed by atoms with E-state index in [1.807, 2.05) is 6.92 Å². The molecule has 0 radical (unpaired) electrons. The molecule has 33 heavy (non-hydrogen) atoms. The van der Waals surface area contributed by atoms with E-state index in [1.165, 1.54) is 15.5 Å². The molecule has 0 unspecified atom stereocenters. The van der Waals surface area contributed by atoms with Gasteiger partial charge in [0.15, 0.2) is 0 Å². The van der Waals surface area contributed by atoms with E-state index in [9.17, 15) is 21.6 Å². The minimum atomic E-state index is -3.79. The lowest BCUT2D eigenvalue weighted by molar-refractivity contribution is -0.116. The predicted molar refractivity (Wildman–Crippen MR) is 126 cm³/mol. The Kier molecular flexibility index (Phi) is 6.63. The van der Waals surface area contributed by atoms with Gasteiger partial charge in [0.05, 0.1) is 9.79 Å². The number of hydrogen-bond donors (Lipinski definition) is 0. The highest BCUT2D eigenvalue weighted by atomic mass is 32.2. The van der Waals surface area contributed by atoms with E-state index < -0.39 is 20.0 Å². The van der Waals surface area contributed by atoms with Crippen molar-refractivity contribution in [1.82, 2.24) is 8.61 Å². The monoisotopic (exact) mass is 491 g/mol. The van der Waals surface area contributed by atoms with E-state index in [4.69, 9.17) is 0 Å². The van der Waals surface area contributed by atoms with Gasteiger partial charge in [0.2, 0.25) is 26.0 Å². The molecule has 0 spiro atoms. The molecule has 10 heteroatoms. The van der Waals surface area contributed by atoms with Crippen molar-refractivity contribution in [2.45, 2.75) is 42.9 Å². The maximum Gasteiger partial charge on any atom is 0.243 e. The molecule has 0 aromatic heterocycles. The van der Waals surface area contributed by atoms with Crippen LogP contribution in [0.2, 0.25) is 0 Å². The number of aryl methyl sites for hydroxylation is 2. The highest BCUT2D eigenvalue weighted by Gasteiger charge is 2.32. The van der Waals surface area contributed by atoms with Crippen LogP contribution in [0.15, 0.2) is 52.3 Å². The fraction of sp³-hybridized carbons (Fsp3) is 0.435. The molecule has 2 heterocycles. The van der Waals surface area contributed by atoms with Crippen LogP contribution >= 0.6 is 0 Å². The molecular formula is C23H29N3O5S2. The van der Waals surface area contributed by atoms with Crippen molar-refractivity contribution in [3.63, 3.8) is 0 Å². The Morgan fingerprint density at radius 1 is 0.758 bits per heavy atom. The summed E-state index contributed by atoms with van der Waals surface area (Å²) in [6, 6.07) is 11.6. The third-order valence-electron chi connectivity index (χ3n) is 6.26. The molecule has 0 bridgehead atoms. The Bertz CT molecular complexity index is 1260. The van der Waals surface area contributed by atoms with Crippen molar-refractivity contribution in [3.8, 4) is 0 Å². The number of fused-ring (bicyclic) bond motifs is 1. The number of nitrogens with zero attached hydrogens (tertiary/aromatic N) is 3. The molecule has 0 saturated carbocycles. The molecule has 0 N–H and O–H groups in total. The summed E-state index contributed by atoms with van der Waals surface area (Å²) >= 11 is 0. The van der Waals surface area contributed by atoms with Crippen molar-refractivity contribution in [2.75, 3.05) is 37.6 Å². The summed E-state index contributed by atoms with van der Waals surface area (Å²) in [5.74, 6) is -0.0612. The standard InChI is InChI=1S/C23H29N3O5S2/c1-18-6-8-21(9-7-18)32(28,29)24-12-4-13-25(16-15-24)33(30,31)22-10-11-23-20(17-22)5-3-14-26(23)19(2)27/h6-11,17H,3-5,12-16H2,1-2H3. The summed E-state index contributed by atoms with van der Waals surface area (Å²) in [7, 11) is -7.48. The topological polar surface area (TPSA) is 95.1 Å². The maximum absolute atomic E-state index is 13.4. The summed E-state index contributed by atoms with van der Waals surface area (Å²) in [6.45, 7) is 4.73. The molecule has 1 saturated heterocycles. The third-order valence-corrected chi connectivity index (χ3v) is 10.1. The van der Waals surface area contributed by atoms with Gasteiger partial charge >= 0.3 is 0 Å². The van der Waals surface area contributed by atoms with Gasteiger partial charge in [-0.15, -0.1) is 0 Å². The quantitative estimate of drug-likeness (QED) is 0.655. The van der Waals surface area contributed by atoms with E-state index in [1.54, 1.807) is 47.4 Å². The molecular weight excluding hydrogens is 462 g/mol. The van der Waals surface area contributed by atoms with Crippen LogP contribution in [0, 0.1) is 6.92 Å². The predicted octanol–water partition coefficient (Wildman–Crippen LogP) is 2.38. The van der Waals surface area contributed by atoms with Gasteiger partial charge in [0, 0.05) is 45.3 Å². The number of carbonyl (C=O) groups is 1. The lowest BCUT2D eigenvalue weighted by Crippen LogP contribution is -2.37. The van der Waals surface area contributed by atoms with Gasteiger partial charge in [0.1, 0.15) is 0 Å². The second-order valence-corrected chi connectivity index (χ2v) is 12.4. The average molecular weight is 492 g/mol. The van der Waals surface area contributed by atoms with E-state index in [-0.39, 0.29) is 41.9 Å². The SMILES string of the molecule is CC(=O)N1CCCc2cc(S(=O)(=O)N3CCCN(S(=O)(=O)c4ccc(C)cc4)CC3)ccc21. The Labute approximate surface area is 195 Å². The van der Waals surface area contributed by atoms with Gasteiger partial charge in [0.25, 0.3) is 0 Å². The number of hydrogen-bond acceptors (Lipinski definition) is 5. The number of anilines is 1. The Hall–Kier alpha value is -2.27. The van der Waals surface area contributed by atoms with Crippen molar-refractivity contribution in [1.29, 1.82) is 0 Å². The van der Waals surface area contributed by atoms with Crippen LogP contribution in [0.5, 0.6) is 0 Å². The van der Waals surface area contributed by atoms with E-state index in [0.29, 0.717) is 19.4 Å². The number of rotatable bonds is 4. The summed E-state index contributed by atoms with van der Waals surface area (Å²) in [6.07, 6.45) is 1.91. The van der Waals surface area contributed by atoms with Crippen molar-refractivity contribution in [2.24, 2.45) is 0 Å². The molecule has 178 valence electrons. The molecule has 4 rings (SSSR count). The zero-order chi connectivity index (χ0) is 23.8. The summed E-state index contributed by atoms with van der Waals surface area (Å²) in [5.41, 5.74) is 2.58. The number of benzene rings is 2. The Morgan fingerprint density at radius 3 is 1.94 bits per heavy atom. The summed E-state index contributed by atoms with van der Waals surface area (Å²) < 4.78 is 55.6. The number of sulfonamides is 2. The largest absolute Gasteiger partial charge is 0.312 e. The van der Waals surface area contributed by atoms with E-state index in [2.05, 4.69) is 0 Å². The fourth-order valence-electron chi connectivity index (χ4n) is 4.42. The lowest BCUT2D eigenvalue weighted by atomic mass is 10.0. The van der Waals surface area contributed by atoms with Crippen LogP contribution in [-0.2, 0) is 31.3 Å². The van der Waals surface area contributed by atoms with Crippen LogP contribution < -0.4 is 4.90 Å². The molecule has 1 amide bonds. The van der Waals surface area contributed by atoms with Crippen LogP contribution in [0.25, 0.3) is 0 Å². The third kappa shape index (κ3) is 4.70. The molecule has 1 fully saturated rings. The van der Waals surface area contributed by atoms with Gasteiger partial charge in [-0.3, -0.25) is 4.79 Å². The fourth-order valence-corrected chi connectivity index (χ4v) is 7.41. The van der Waals surface area contributed by atoms with Gasteiger partial charge in [-0.1, -0.05) is 17.7 Å². The van der Waals surface area contributed by atoms with Gasteiger partial charge < -0.3 is 4.90 Å². The van der Waals surface area contributed by atoms with Crippen molar-refractivity contribution >= 4 is 31.6 Å². The summed E-state index contributed by atoms with van der Waals surface area (Å²) in [5, 5.41) is 0. The molecule has 2 aromatic rings. The maximum atomic E-state index is 13.4. The number of amides is 1. The minimum Gasteiger partial charge on any atom is -0.312 e. The van der Waals surface area contributed by atoms with Gasteiger partial charge in [-0.2, -0.15) is 8.61 Å². The normalized spacial score (nSPS) is 18.5. The molecule has 2 aliphatic heterocycles. The van der Waals surface area contributed by atoms with E-state index in [0.717, 1.165) is 23.2 Å². The Balaban J connectivity index is 1.54. The summed E-state index contributed by atoms with van der Waals surface area (Å²) in [4.78, 5) is 14.0. The second-order valence-electron chi connectivity index (χ2n) is 8.54. The van der Waals surface area contributed by atoms with Crippen LogP contribution in [0.1, 0.15) is 30.9 Å². The molecule has 0 atom stereocenters. The van der Waals surface area contributed by atoms with Crippen molar-refractivity contribution < 1.29 is 21.6 Å². The first-order valence-electron chi connectivity index (χ1n) is 11.1. The zero-order valence-electron chi connectivity index (χ0n) is 18.9. The molecule has 8 nitrogen and oxygen atoms in total. The number of carbonyl (C=O) groups excluding carboxylic acids is 1. The van der Waals surface area contributed by atoms with Crippen LogP contribution in [0.3, 0.4) is 0 Å². The molecule has 2 aromatic carbocycles. The van der Waals surface area contributed by atoms with Crippen molar-refractivity contribution in [3.05, 3.63) is 53.6 Å². The first kappa shape index (κ1) is 23.9. The van der Waals surface area contributed by atoms with Gasteiger partial charge in [-0.25, -0.2) is 16.8 Å². The zero-order valence-corrected chi connectivity index (χ0v) is 20.5. The second kappa shape index (κ2) is 9.17. The van der Waals surface area contributed by atoms with Crippen LogP contribution in [-0.4, -0.2) is 64.1 Å². The lowest BCUT2D eigenvalue weighted by Gasteiger charge is -2.29. The highest BCUT2D eigenvalue weighted by molar-refractivity contribution is 7.89. The smallest absolute Gasteiger partial charge is 0.243 e. The van der Waals surface area contributed by atoms with Gasteiger partial charge in [-0.05, 0) is 62.1 Å². The highest BCUT2D eigenvalue weighted by Crippen LogP contribution is 2.31. The Morgan fingerprint density at radius 2 is 1.33 bits per heavy atom. The minimum absolute atomic E-state index is 0.0612.